The number of benzene rings is 1. The molecular weight excluding hydrogens is 363 g/mol. The fraction of sp³-hybridized carbons (Fsp3) is 0.450. The first-order valence-corrected chi connectivity index (χ1v) is 10.0. The number of halogens is 1. The molecule has 1 fully saturated rings. The van der Waals surface area contributed by atoms with Crippen molar-refractivity contribution in [2.24, 2.45) is 4.99 Å². The van der Waals surface area contributed by atoms with Gasteiger partial charge in [-0.1, -0.05) is 18.2 Å². The summed E-state index contributed by atoms with van der Waals surface area (Å²) in [4.78, 5) is 9.38. The molecule has 0 amide bonds. The topological polar surface area (TPSA) is 48.9 Å². The second-order valence-electron chi connectivity index (χ2n) is 6.51. The summed E-state index contributed by atoms with van der Waals surface area (Å²) in [5, 5.41) is 6.61. The van der Waals surface area contributed by atoms with Gasteiger partial charge in [-0.15, -0.1) is 11.3 Å². The van der Waals surface area contributed by atoms with E-state index in [1.807, 2.05) is 17.4 Å². The summed E-state index contributed by atoms with van der Waals surface area (Å²) < 4.78 is 19.3. The highest BCUT2D eigenvalue weighted by atomic mass is 32.1. The zero-order valence-electron chi connectivity index (χ0n) is 15.9. The molecule has 0 spiro atoms. The van der Waals surface area contributed by atoms with E-state index in [9.17, 15) is 4.39 Å². The Balaban J connectivity index is 1.61. The number of aliphatic imine (C=N–C) groups is 1. The predicted molar refractivity (Wildman–Crippen MR) is 109 cm³/mol. The summed E-state index contributed by atoms with van der Waals surface area (Å²) in [6.07, 6.45) is 0. The van der Waals surface area contributed by atoms with Crippen LogP contribution in [0.1, 0.15) is 21.4 Å². The summed E-state index contributed by atoms with van der Waals surface area (Å²) >= 11 is 1.83. The van der Waals surface area contributed by atoms with Gasteiger partial charge in [-0.3, -0.25) is 9.89 Å². The van der Waals surface area contributed by atoms with Crippen LogP contribution in [0.4, 0.5) is 4.39 Å². The van der Waals surface area contributed by atoms with Gasteiger partial charge in [0, 0.05) is 48.5 Å². The Hall–Kier alpha value is -1.96. The molecule has 1 atom stereocenters. The number of rotatable bonds is 6. The van der Waals surface area contributed by atoms with Crippen LogP contribution in [0.15, 0.2) is 41.4 Å². The summed E-state index contributed by atoms with van der Waals surface area (Å²) in [5.74, 6) is 0.463. The van der Waals surface area contributed by atoms with Crippen LogP contribution in [0.2, 0.25) is 0 Å². The number of thiophene rings is 1. The maximum absolute atomic E-state index is 13.8. The molecule has 2 heterocycles. The Morgan fingerprint density at radius 1 is 1.22 bits per heavy atom. The van der Waals surface area contributed by atoms with Crippen LogP contribution in [0.3, 0.4) is 0 Å². The molecule has 146 valence electrons. The maximum Gasteiger partial charge on any atom is 0.191 e. The van der Waals surface area contributed by atoms with Gasteiger partial charge in [0.2, 0.25) is 0 Å². The van der Waals surface area contributed by atoms with Gasteiger partial charge in [0.15, 0.2) is 5.96 Å². The maximum atomic E-state index is 13.8. The SMILES string of the molecule is CN=C(NCc1ccccc1F)NCC(c1ccc(C)s1)N1CCOCC1. The van der Waals surface area contributed by atoms with Gasteiger partial charge in [-0.05, 0) is 25.1 Å². The van der Waals surface area contributed by atoms with Gasteiger partial charge in [-0.25, -0.2) is 4.39 Å². The number of hydrogen-bond donors (Lipinski definition) is 2. The molecule has 1 aliphatic heterocycles. The van der Waals surface area contributed by atoms with Gasteiger partial charge in [0.25, 0.3) is 0 Å². The lowest BCUT2D eigenvalue weighted by molar-refractivity contribution is 0.0177. The van der Waals surface area contributed by atoms with Gasteiger partial charge in [0.1, 0.15) is 5.82 Å². The molecule has 0 radical (unpaired) electrons. The van der Waals surface area contributed by atoms with Crippen molar-refractivity contribution in [1.82, 2.24) is 15.5 Å². The minimum atomic E-state index is -0.208. The minimum absolute atomic E-state index is 0.208. The molecule has 0 aliphatic carbocycles. The highest BCUT2D eigenvalue weighted by Gasteiger charge is 2.24. The Kier molecular flexibility index (Phi) is 7.20. The Morgan fingerprint density at radius 3 is 2.67 bits per heavy atom. The van der Waals surface area contributed by atoms with Crippen molar-refractivity contribution in [3.8, 4) is 0 Å². The summed E-state index contributed by atoms with van der Waals surface area (Å²) in [7, 11) is 1.73. The van der Waals surface area contributed by atoms with Crippen LogP contribution in [0.25, 0.3) is 0 Å². The van der Waals surface area contributed by atoms with Crippen LogP contribution >= 0.6 is 11.3 Å². The van der Waals surface area contributed by atoms with E-state index < -0.39 is 0 Å². The lowest BCUT2D eigenvalue weighted by Gasteiger charge is -2.34. The second-order valence-corrected chi connectivity index (χ2v) is 7.83. The average molecular weight is 391 g/mol. The van der Waals surface area contributed by atoms with E-state index in [0.29, 0.717) is 18.1 Å². The molecule has 0 bridgehead atoms. The Bertz CT molecular complexity index is 758. The van der Waals surface area contributed by atoms with Crippen molar-refractivity contribution in [2.75, 3.05) is 39.9 Å². The van der Waals surface area contributed by atoms with Crippen molar-refractivity contribution in [3.63, 3.8) is 0 Å². The highest BCUT2D eigenvalue weighted by molar-refractivity contribution is 7.12. The van der Waals surface area contributed by atoms with Crippen LogP contribution in [-0.4, -0.2) is 50.8 Å². The lowest BCUT2D eigenvalue weighted by atomic mass is 10.2. The van der Waals surface area contributed by atoms with Crippen LogP contribution < -0.4 is 10.6 Å². The fourth-order valence-corrected chi connectivity index (χ4v) is 4.18. The summed E-state index contributed by atoms with van der Waals surface area (Å²) in [6.45, 7) is 6.63. The van der Waals surface area contributed by atoms with Crippen LogP contribution in [0.5, 0.6) is 0 Å². The molecule has 7 heteroatoms. The van der Waals surface area contributed by atoms with Gasteiger partial charge in [0.05, 0.1) is 19.3 Å². The number of morpholine rings is 1. The van der Waals surface area contributed by atoms with E-state index in [1.165, 1.54) is 15.8 Å². The third-order valence-electron chi connectivity index (χ3n) is 4.67. The first-order valence-electron chi connectivity index (χ1n) is 9.23. The van der Waals surface area contributed by atoms with Crippen molar-refractivity contribution in [2.45, 2.75) is 19.5 Å². The number of hydrogen-bond acceptors (Lipinski definition) is 4. The van der Waals surface area contributed by atoms with Gasteiger partial charge >= 0.3 is 0 Å². The Morgan fingerprint density at radius 2 is 2.00 bits per heavy atom. The third kappa shape index (κ3) is 5.51. The highest BCUT2D eigenvalue weighted by Crippen LogP contribution is 2.27. The van der Waals surface area contributed by atoms with Gasteiger partial charge < -0.3 is 15.4 Å². The Labute approximate surface area is 164 Å². The van der Waals surface area contributed by atoms with E-state index in [2.05, 4.69) is 39.6 Å². The molecule has 1 aromatic carbocycles. The van der Waals surface area contributed by atoms with E-state index in [4.69, 9.17) is 4.74 Å². The number of aryl methyl sites for hydroxylation is 1. The van der Waals surface area contributed by atoms with E-state index in [1.54, 1.807) is 19.2 Å². The molecule has 1 unspecified atom stereocenters. The normalized spacial score (nSPS) is 16.9. The van der Waals surface area contributed by atoms with Crippen molar-refractivity contribution in [1.29, 1.82) is 0 Å². The molecule has 1 aromatic heterocycles. The predicted octanol–water partition coefficient (Wildman–Crippen LogP) is 2.93. The number of ether oxygens (including phenoxy) is 1. The molecule has 27 heavy (non-hydrogen) atoms. The minimum Gasteiger partial charge on any atom is -0.379 e. The zero-order valence-corrected chi connectivity index (χ0v) is 16.7. The molecule has 3 rings (SSSR count). The molecule has 5 nitrogen and oxygen atoms in total. The zero-order chi connectivity index (χ0) is 19.1. The van der Waals surface area contributed by atoms with Crippen molar-refractivity contribution < 1.29 is 9.13 Å². The van der Waals surface area contributed by atoms with E-state index >= 15 is 0 Å². The van der Waals surface area contributed by atoms with Crippen molar-refractivity contribution in [3.05, 3.63) is 57.5 Å². The van der Waals surface area contributed by atoms with Gasteiger partial charge in [-0.2, -0.15) is 0 Å². The largest absolute Gasteiger partial charge is 0.379 e. The quantitative estimate of drug-likeness (QED) is 0.588. The number of nitrogens with one attached hydrogen (secondary N) is 2. The van der Waals surface area contributed by atoms with Crippen LogP contribution in [-0.2, 0) is 11.3 Å². The molecule has 1 aliphatic rings. The lowest BCUT2D eigenvalue weighted by Crippen LogP contribution is -2.46. The smallest absolute Gasteiger partial charge is 0.191 e. The molecule has 0 saturated carbocycles. The summed E-state index contributed by atoms with van der Waals surface area (Å²) in [6, 6.07) is 11.4. The standard InChI is InChI=1S/C20H27FN4OS/c1-15-7-8-19(27-15)18(25-9-11-26-12-10-25)14-24-20(22-2)23-13-16-5-3-4-6-17(16)21/h3-8,18H,9-14H2,1-2H3,(H2,22,23,24). The second kappa shape index (κ2) is 9.82. The van der Waals surface area contributed by atoms with E-state index in [-0.39, 0.29) is 11.9 Å². The number of nitrogens with zero attached hydrogens (tertiary/aromatic N) is 2. The molecular formula is C20H27FN4OS. The van der Waals surface area contributed by atoms with E-state index in [0.717, 1.165) is 32.8 Å². The molecule has 2 N–H and O–H groups in total. The molecule has 2 aromatic rings. The number of guanidine groups is 1. The average Bonchev–Trinajstić information content (AvgIpc) is 3.12. The summed E-state index contributed by atoms with van der Waals surface area (Å²) in [5.41, 5.74) is 0.624. The fourth-order valence-electron chi connectivity index (χ4n) is 3.17. The van der Waals surface area contributed by atoms with Crippen LogP contribution in [0, 0.1) is 12.7 Å². The molecule has 1 saturated heterocycles. The monoisotopic (exact) mass is 390 g/mol. The first kappa shape index (κ1) is 19.8. The first-order chi connectivity index (χ1) is 13.2. The van der Waals surface area contributed by atoms with Crippen molar-refractivity contribution >= 4 is 17.3 Å². The third-order valence-corrected chi connectivity index (χ3v) is 5.77.